The number of aromatic nitrogens is 2. The van der Waals surface area contributed by atoms with Crippen LogP contribution in [-0.2, 0) is 19.4 Å². The molecule has 0 amide bonds. The third-order valence-corrected chi connectivity index (χ3v) is 3.87. The molecule has 0 spiro atoms. The summed E-state index contributed by atoms with van der Waals surface area (Å²) < 4.78 is 2.03. The van der Waals surface area contributed by atoms with E-state index in [4.69, 9.17) is 0 Å². The van der Waals surface area contributed by atoms with Gasteiger partial charge in [-0.05, 0) is 44.7 Å². The number of nitrogens with zero attached hydrogens (tertiary/aromatic N) is 2. The quantitative estimate of drug-likeness (QED) is 0.831. The molecule has 2 atom stereocenters. The second-order valence-electron chi connectivity index (χ2n) is 5.17. The number of aliphatic hydroxyl groups is 1. The van der Waals surface area contributed by atoms with Gasteiger partial charge < -0.3 is 10.4 Å². The predicted molar refractivity (Wildman–Crippen MR) is 72.6 cm³/mol. The highest BCUT2D eigenvalue weighted by atomic mass is 16.3. The lowest BCUT2D eigenvalue weighted by molar-refractivity contribution is 0.0903. The molecular weight excluding hydrogens is 226 g/mol. The maximum atomic E-state index is 10.3. The molecule has 2 unspecified atom stereocenters. The van der Waals surface area contributed by atoms with Gasteiger partial charge in [0, 0.05) is 25.2 Å². The van der Waals surface area contributed by atoms with Gasteiger partial charge in [-0.3, -0.25) is 4.68 Å². The van der Waals surface area contributed by atoms with Crippen LogP contribution in [0.3, 0.4) is 0 Å². The van der Waals surface area contributed by atoms with Crippen molar-refractivity contribution in [2.75, 3.05) is 13.1 Å². The Balaban J connectivity index is 2.00. The minimum atomic E-state index is -0.246. The summed E-state index contributed by atoms with van der Waals surface area (Å²) in [5.74, 6) is 0.393. The summed E-state index contributed by atoms with van der Waals surface area (Å²) in [7, 11) is 0. The van der Waals surface area contributed by atoms with Gasteiger partial charge in [0.1, 0.15) is 0 Å². The zero-order valence-electron chi connectivity index (χ0n) is 11.5. The van der Waals surface area contributed by atoms with Gasteiger partial charge in [-0.2, -0.15) is 5.10 Å². The van der Waals surface area contributed by atoms with Crippen molar-refractivity contribution in [3.05, 3.63) is 17.5 Å². The summed E-state index contributed by atoms with van der Waals surface area (Å²) in [4.78, 5) is 0. The molecule has 18 heavy (non-hydrogen) atoms. The first-order chi connectivity index (χ1) is 8.74. The van der Waals surface area contributed by atoms with Crippen molar-refractivity contribution in [1.29, 1.82) is 0 Å². The molecule has 0 radical (unpaired) electrons. The average Bonchev–Trinajstić information content (AvgIpc) is 2.82. The first-order valence-electron chi connectivity index (χ1n) is 7.19. The largest absolute Gasteiger partial charge is 0.392 e. The maximum Gasteiger partial charge on any atom is 0.0635 e. The second-order valence-corrected chi connectivity index (χ2v) is 5.17. The maximum absolute atomic E-state index is 10.3. The van der Waals surface area contributed by atoms with Crippen LogP contribution in [0.1, 0.15) is 38.1 Å². The summed E-state index contributed by atoms with van der Waals surface area (Å²) in [5.41, 5.74) is 2.30. The highest BCUT2D eigenvalue weighted by molar-refractivity contribution is 5.11. The molecule has 1 aromatic heterocycles. The lowest BCUT2D eigenvalue weighted by atomic mass is 9.91. The van der Waals surface area contributed by atoms with Crippen molar-refractivity contribution in [1.82, 2.24) is 15.1 Å². The Hall–Kier alpha value is -0.870. The van der Waals surface area contributed by atoms with Crippen LogP contribution in [0.4, 0.5) is 0 Å². The minimum absolute atomic E-state index is 0.246. The SMILES string of the molecule is CCc1cc(CC(O)C2CCCNC2)n(CC)n1. The van der Waals surface area contributed by atoms with E-state index in [-0.39, 0.29) is 6.10 Å². The monoisotopic (exact) mass is 251 g/mol. The van der Waals surface area contributed by atoms with Crippen LogP contribution < -0.4 is 5.32 Å². The lowest BCUT2D eigenvalue weighted by Gasteiger charge is -2.27. The minimum Gasteiger partial charge on any atom is -0.392 e. The third-order valence-electron chi connectivity index (χ3n) is 3.87. The number of nitrogens with one attached hydrogen (secondary N) is 1. The topological polar surface area (TPSA) is 50.1 Å². The van der Waals surface area contributed by atoms with E-state index in [1.54, 1.807) is 0 Å². The Morgan fingerprint density at radius 1 is 1.56 bits per heavy atom. The molecule has 1 aromatic rings. The third kappa shape index (κ3) is 3.12. The first-order valence-corrected chi connectivity index (χ1v) is 7.19. The molecular formula is C14H25N3O. The number of aliphatic hydroxyl groups excluding tert-OH is 1. The number of piperidine rings is 1. The number of rotatable bonds is 5. The lowest BCUT2D eigenvalue weighted by Crippen LogP contribution is -2.37. The van der Waals surface area contributed by atoms with Crippen molar-refractivity contribution in [3.8, 4) is 0 Å². The zero-order chi connectivity index (χ0) is 13.0. The van der Waals surface area contributed by atoms with E-state index in [0.29, 0.717) is 5.92 Å². The molecule has 4 nitrogen and oxygen atoms in total. The van der Waals surface area contributed by atoms with E-state index < -0.39 is 0 Å². The van der Waals surface area contributed by atoms with Crippen LogP contribution in [-0.4, -0.2) is 34.1 Å². The molecule has 1 saturated heterocycles. The van der Waals surface area contributed by atoms with Gasteiger partial charge in [-0.1, -0.05) is 6.92 Å². The van der Waals surface area contributed by atoms with Gasteiger partial charge in [0.05, 0.1) is 11.8 Å². The Labute approximate surface area is 109 Å². The van der Waals surface area contributed by atoms with Crippen LogP contribution in [0.15, 0.2) is 6.07 Å². The van der Waals surface area contributed by atoms with Crippen molar-refractivity contribution in [2.24, 2.45) is 5.92 Å². The predicted octanol–water partition coefficient (Wildman–Crippen LogP) is 1.37. The van der Waals surface area contributed by atoms with Crippen LogP contribution in [0.2, 0.25) is 0 Å². The Morgan fingerprint density at radius 3 is 3.00 bits per heavy atom. The molecule has 0 bridgehead atoms. The van der Waals surface area contributed by atoms with Crippen molar-refractivity contribution in [3.63, 3.8) is 0 Å². The fourth-order valence-corrected chi connectivity index (χ4v) is 2.71. The van der Waals surface area contributed by atoms with Gasteiger partial charge in [0.15, 0.2) is 0 Å². The first kappa shape index (κ1) is 13.6. The van der Waals surface area contributed by atoms with Crippen LogP contribution in [0, 0.1) is 5.92 Å². The van der Waals surface area contributed by atoms with E-state index in [1.807, 2.05) is 4.68 Å². The molecule has 2 rings (SSSR count). The molecule has 0 saturated carbocycles. The van der Waals surface area contributed by atoms with Crippen LogP contribution in [0.25, 0.3) is 0 Å². The zero-order valence-corrected chi connectivity index (χ0v) is 11.5. The van der Waals surface area contributed by atoms with Gasteiger partial charge in [-0.15, -0.1) is 0 Å². The summed E-state index contributed by atoms with van der Waals surface area (Å²) in [6, 6.07) is 2.14. The summed E-state index contributed by atoms with van der Waals surface area (Å²) >= 11 is 0. The standard InChI is InChI=1S/C14H25N3O/c1-3-12-8-13(17(4-2)16-12)9-14(18)11-6-5-7-15-10-11/h8,11,14-15,18H,3-7,9-10H2,1-2H3. The summed E-state index contributed by atoms with van der Waals surface area (Å²) in [5, 5.41) is 18.2. The van der Waals surface area contributed by atoms with E-state index in [1.165, 1.54) is 12.1 Å². The van der Waals surface area contributed by atoms with Gasteiger partial charge in [0.25, 0.3) is 0 Å². The molecule has 2 N–H and O–H groups in total. The smallest absolute Gasteiger partial charge is 0.0635 e. The Bertz CT molecular complexity index is 369. The highest BCUT2D eigenvalue weighted by Gasteiger charge is 2.23. The fourth-order valence-electron chi connectivity index (χ4n) is 2.71. The second kappa shape index (κ2) is 6.34. The molecule has 4 heteroatoms. The van der Waals surface area contributed by atoms with E-state index in [9.17, 15) is 5.11 Å². The molecule has 2 heterocycles. The average molecular weight is 251 g/mol. The van der Waals surface area contributed by atoms with Gasteiger partial charge in [0.2, 0.25) is 0 Å². The number of hydrogen-bond acceptors (Lipinski definition) is 3. The van der Waals surface area contributed by atoms with E-state index >= 15 is 0 Å². The number of aryl methyl sites for hydroxylation is 2. The normalized spacial score (nSPS) is 22.1. The number of hydrogen-bond donors (Lipinski definition) is 2. The fraction of sp³-hybridized carbons (Fsp3) is 0.786. The van der Waals surface area contributed by atoms with E-state index in [0.717, 1.165) is 44.6 Å². The van der Waals surface area contributed by atoms with Crippen LogP contribution in [0.5, 0.6) is 0 Å². The molecule has 1 aliphatic rings. The Kier molecular flexibility index (Phi) is 4.78. The Morgan fingerprint density at radius 2 is 2.39 bits per heavy atom. The highest BCUT2D eigenvalue weighted by Crippen LogP contribution is 2.18. The van der Waals surface area contributed by atoms with Crippen molar-refractivity contribution in [2.45, 2.75) is 52.2 Å². The molecule has 0 aromatic carbocycles. The van der Waals surface area contributed by atoms with Crippen molar-refractivity contribution >= 4 is 0 Å². The van der Waals surface area contributed by atoms with E-state index in [2.05, 4.69) is 30.3 Å². The molecule has 1 aliphatic heterocycles. The van der Waals surface area contributed by atoms with Crippen LogP contribution >= 0.6 is 0 Å². The molecule has 1 fully saturated rings. The molecule has 102 valence electrons. The summed E-state index contributed by atoms with van der Waals surface area (Å²) in [6.45, 7) is 7.14. The van der Waals surface area contributed by atoms with Gasteiger partial charge in [-0.25, -0.2) is 0 Å². The summed E-state index contributed by atoms with van der Waals surface area (Å²) in [6.07, 6.45) is 3.75. The van der Waals surface area contributed by atoms with Crippen molar-refractivity contribution < 1.29 is 5.11 Å². The van der Waals surface area contributed by atoms with Gasteiger partial charge >= 0.3 is 0 Å². The molecule has 0 aliphatic carbocycles.